The summed E-state index contributed by atoms with van der Waals surface area (Å²) in [5.41, 5.74) is 0. The van der Waals surface area contributed by atoms with Crippen molar-refractivity contribution in [3.05, 3.63) is 0 Å². The predicted molar refractivity (Wildman–Crippen MR) is 59.4 cm³/mol. The van der Waals surface area contributed by atoms with Crippen molar-refractivity contribution in [2.45, 2.75) is 39.4 Å². The average Bonchev–Trinajstić information content (AvgIpc) is 2.55. The van der Waals surface area contributed by atoms with Gasteiger partial charge in [0.25, 0.3) is 0 Å². The Balaban J connectivity index is 2.75. The Morgan fingerprint density at radius 3 is 2.73 bits per heavy atom. The lowest BCUT2D eigenvalue weighted by molar-refractivity contribution is -0.132. The van der Waals surface area contributed by atoms with E-state index in [0.29, 0.717) is 19.1 Å². The summed E-state index contributed by atoms with van der Waals surface area (Å²) < 4.78 is 5.20. The Hall–Kier alpha value is -0.610. The number of ether oxygens (including phenoxy) is 1. The smallest absolute Gasteiger partial charge is 0.238 e. The molecule has 0 aromatic rings. The molecule has 4 nitrogen and oxygen atoms in total. The Morgan fingerprint density at radius 1 is 1.60 bits per heavy atom. The number of nitrogens with one attached hydrogen (secondary N) is 1. The van der Waals surface area contributed by atoms with E-state index in [1.165, 1.54) is 0 Å². The van der Waals surface area contributed by atoms with Crippen molar-refractivity contribution < 1.29 is 9.53 Å². The standard InChI is InChI=1S/C11H22N2O2/c1-5-10-12-6-11(14)13(10)9(7-15-4)8(2)3/h8-10,12H,5-7H2,1-4H3. The molecule has 1 fully saturated rings. The fourth-order valence-corrected chi connectivity index (χ4v) is 2.09. The summed E-state index contributed by atoms with van der Waals surface area (Å²) in [5.74, 6) is 0.612. The number of methoxy groups -OCH3 is 1. The number of rotatable bonds is 5. The highest BCUT2D eigenvalue weighted by Gasteiger charge is 2.35. The number of amides is 1. The zero-order valence-corrected chi connectivity index (χ0v) is 10.1. The Kier molecular flexibility index (Phi) is 4.54. The maximum Gasteiger partial charge on any atom is 0.238 e. The maximum atomic E-state index is 11.8. The molecule has 1 aliphatic heterocycles. The van der Waals surface area contributed by atoms with Gasteiger partial charge in [0.15, 0.2) is 0 Å². The zero-order valence-electron chi connectivity index (χ0n) is 10.1. The Bertz CT molecular complexity index is 219. The van der Waals surface area contributed by atoms with E-state index in [1.54, 1.807) is 7.11 Å². The molecule has 0 radical (unpaired) electrons. The molecule has 1 rings (SSSR count). The molecule has 4 heteroatoms. The van der Waals surface area contributed by atoms with Gasteiger partial charge in [0.2, 0.25) is 5.91 Å². The van der Waals surface area contributed by atoms with Crippen LogP contribution in [0, 0.1) is 5.92 Å². The van der Waals surface area contributed by atoms with Gasteiger partial charge in [-0.1, -0.05) is 20.8 Å². The van der Waals surface area contributed by atoms with Crippen molar-refractivity contribution in [2.75, 3.05) is 20.3 Å². The summed E-state index contributed by atoms with van der Waals surface area (Å²) in [4.78, 5) is 13.7. The number of hydrogen-bond acceptors (Lipinski definition) is 3. The fourth-order valence-electron chi connectivity index (χ4n) is 2.09. The van der Waals surface area contributed by atoms with Crippen LogP contribution in [0.1, 0.15) is 27.2 Å². The highest BCUT2D eigenvalue weighted by Crippen LogP contribution is 2.18. The van der Waals surface area contributed by atoms with Gasteiger partial charge >= 0.3 is 0 Å². The van der Waals surface area contributed by atoms with Crippen molar-refractivity contribution in [1.29, 1.82) is 0 Å². The molecule has 0 saturated carbocycles. The van der Waals surface area contributed by atoms with E-state index < -0.39 is 0 Å². The molecule has 1 aliphatic rings. The lowest BCUT2D eigenvalue weighted by Gasteiger charge is -2.34. The average molecular weight is 214 g/mol. The molecule has 1 N–H and O–H groups in total. The van der Waals surface area contributed by atoms with Gasteiger partial charge in [0.05, 0.1) is 25.4 Å². The third kappa shape index (κ3) is 2.69. The third-order valence-corrected chi connectivity index (χ3v) is 2.96. The van der Waals surface area contributed by atoms with Crippen LogP contribution in [-0.4, -0.2) is 43.3 Å². The van der Waals surface area contributed by atoms with Crippen molar-refractivity contribution in [3.63, 3.8) is 0 Å². The molecule has 2 unspecified atom stereocenters. The van der Waals surface area contributed by atoms with Crippen LogP contribution >= 0.6 is 0 Å². The molecule has 1 amide bonds. The van der Waals surface area contributed by atoms with Crippen LogP contribution < -0.4 is 5.32 Å². The summed E-state index contributed by atoms with van der Waals surface area (Å²) >= 11 is 0. The topological polar surface area (TPSA) is 41.6 Å². The second-order valence-electron chi connectivity index (χ2n) is 4.37. The Morgan fingerprint density at radius 2 is 2.27 bits per heavy atom. The molecule has 0 bridgehead atoms. The minimum atomic E-state index is 0.181. The first-order chi connectivity index (χ1) is 7.11. The fraction of sp³-hybridized carbons (Fsp3) is 0.909. The van der Waals surface area contributed by atoms with E-state index in [2.05, 4.69) is 26.1 Å². The molecular formula is C11H22N2O2. The second kappa shape index (κ2) is 5.47. The van der Waals surface area contributed by atoms with E-state index in [4.69, 9.17) is 4.74 Å². The molecule has 0 aromatic heterocycles. The summed E-state index contributed by atoms with van der Waals surface area (Å²) in [5, 5.41) is 3.22. The van der Waals surface area contributed by atoms with Crippen molar-refractivity contribution in [2.24, 2.45) is 5.92 Å². The van der Waals surface area contributed by atoms with Gasteiger partial charge in [-0.25, -0.2) is 0 Å². The highest BCUT2D eigenvalue weighted by molar-refractivity contribution is 5.81. The Labute approximate surface area is 92.0 Å². The normalized spacial score (nSPS) is 23.9. The van der Waals surface area contributed by atoms with E-state index >= 15 is 0 Å². The predicted octanol–water partition coefficient (Wildman–Crippen LogP) is 0.825. The summed E-state index contributed by atoms with van der Waals surface area (Å²) in [7, 11) is 1.68. The molecule has 1 heterocycles. The molecule has 15 heavy (non-hydrogen) atoms. The van der Waals surface area contributed by atoms with E-state index in [1.807, 2.05) is 4.90 Å². The first-order valence-corrected chi connectivity index (χ1v) is 5.65. The first-order valence-electron chi connectivity index (χ1n) is 5.65. The van der Waals surface area contributed by atoms with Gasteiger partial charge in [-0.05, 0) is 12.3 Å². The van der Waals surface area contributed by atoms with Gasteiger partial charge in [-0.3, -0.25) is 10.1 Å². The van der Waals surface area contributed by atoms with Crippen LogP contribution in [0.3, 0.4) is 0 Å². The van der Waals surface area contributed by atoms with Crippen molar-refractivity contribution in [3.8, 4) is 0 Å². The second-order valence-corrected chi connectivity index (χ2v) is 4.37. The molecule has 88 valence electrons. The molecule has 1 saturated heterocycles. The van der Waals surface area contributed by atoms with Crippen molar-refractivity contribution in [1.82, 2.24) is 10.2 Å². The lowest BCUT2D eigenvalue weighted by Crippen LogP contribution is -2.49. The molecule has 0 spiro atoms. The number of nitrogens with zero attached hydrogens (tertiary/aromatic N) is 1. The van der Waals surface area contributed by atoms with E-state index in [-0.39, 0.29) is 18.1 Å². The lowest BCUT2D eigenvalue weighted by atomic mass is 10.0. The zero-order chi connectivity index (χ0) is 11.4. The van der Waals surface area contributed by atoms with Crippen LogP contribution in [0.2, 0.25) is 0 Å². The number of carbonyl (C=O) groups is 1. The molecule has 0 aromatic carbocycles. The molecule has 2 atom stereocenters. The SMILES string of the molecule is CCC1NCC(=O)N1C(COC)C(C)C. The van der Waals surface area contributed by atoms with Crippen molar-refractivity contribution >= 4 is 5.91 Å². The van der Waals surface area contributed by atoms with Gasteiger partial charge in [-0.15, -0.1) is 0 Å². The molecular weight excluding hydrogens is 192 g/mol. The van der Waals surface area contributed by atoms with Crippen LogP contribution in [0.25, 0.3) is 0 Å². The third-order valence-electron chi connectivity index (χ3n) is 2.96. The minimum Gasteiger partial charge on any atom is -0.383 e. The van der Waals surface area contributed by atoms with E-state index in [0.717, 1.165) is 6.42 Å². The summed E-state index contributed by atoms with van der Waals surface area (Å²) in [6, 6.07) is 0.183. The van der Waals surface area contributed by atoms with E-state index in [9.17, 15) is 4.79 Å². The largest absolute Gasteiger partial charge is 0.383 e. The van der Waals surface area contributed by atoms with Gasteiger partial charge in [0.1, 0.15) is 0 Å². The van der Waals surface area contributed by atoms with Gasteiger partial charge < -0.3 is 9.64 Å². The quantitative estimate of drug-likeness (QED) is 0.737. The molecule has 0 aliphatic carbocycles. The maximum absolute atomic E-state index is 11.8. The first kappa shape index (κ1) is 12.5. The van der Waals surface area contributed by atoms with Gasteiger partial charge in [-0.2, -0.15) is 0 Å². The summed E-state index contributed by atoms with van der Waals surface area (Å²) in [6.45, 7) is 7.42. The van der Waals surface area contributed by atoms with Gasteiger partial charge in [0, 0.05) is 7.11 Å². The summed E-state index contributed by atoms with van der Waals surface area (Å²) in [6.07, 6.45) is 1.12. The highest BCUT2D eigenvalue weighted by atomic mass is 16.5. The monoisotopic (exact) mass is 214 g/mol. The minimum absolute atomic E-state index is 0.181. The van der Waals surface area contributed by atoms with Crippen LogP contribution in [0.15, 0.2) is 0 Å². The van der Waals surface area contributed by atoms with Crippen LogP contribution in [0.5, 0.6) is 0 Å². The number of hydrogen-bond donors (Lipinski definition) is 1. The number of carbonyl (C=O) groups excluding carboxylic acids is 1. The van der Waals surface area contributed by atoms with Crippen LogP contribution in [-0.2, 0) is 9.53 Å². The van der Waals surface area contributed by atoms with Crippen LogP contribution in [0.4, 0.5) is 0 Å².